The number of para-hydroxylation sites is 1. The number of piperidine rings is 1. The van der Waals surface area contributed by atoms with Gasteiger partial charge in [-0.1, -0.05) is 12.6 Å². The zero-order valence-corrected chi connectivity index (χ0v) is 23.2. The minimum absolute atomic E-state index is 0.0759. The molecule has 0 bridgehead atoms. The Bertz CT molecular complexity index is 1410. The van der Waals surface area contributed by atoms with Gasteiger partial charge in [-0.2, -0.15) is 0 Å². The Hall–Kier alpha value is -3.72. The molecule has 1 atom stereocenters. The Labute approximate surface area is 235 Å². The highest BCUT2D eigenvalue weighted by Gasteiger charge is 2.33. The average molecular weight is 543 g/mol. The minimum atomic E-state index is -0.246. The number of fused-ring (bicyclic) bond motifs is 1. The Balaban J connectivity index is 1.36. The van der Waals surface area contributed by atoms with Crippen molar-refractivity contribution in [2.24, 2.45) is 0 Å². The number of benzene rings is 1. The molecule has 0 spiro atoms. The fraction of sp³-hybridized carbons (Fsp3) is 0.484. The number of hydrogen-bond donors (Lipinski definition) is 1. The molecule has 2 aliphatic heterocycles. The van der Waals surface area contributed by atoms with Crippen LogP contribution in [0.5, 0.6) is 5.75 Å². The number of nitrogens with zero attached hydrogens (tertiary/aromatic N) is 5. The van der Waals surface area contributed by atoms with Crippen molar-refractivity contribution >= 4 is 28.8 Å². The van der Waals surface area contributed by atoms with Gasteiger partial charge in [-0.05, 0) is 82.2 Å². The van der Waals surface area contributed by atoms with Crippen molar-refractivity contribution in [1.29, 1.82) is 0 Å². The van der Waals surface area contributed by atoms with Crippen molar-refractivity contribution in [3.8, 4) is 5.75 Å². The lowest BCUT2D eigenvalue weighted by molar-refractivity contribution is -0.126. The average Bonchev–Trinajstić information content (AvgIpc) is 3.78. The molecular formula is C31H38N6O3. The van der Waals surface area contributed by atoms with Gasteiger partial charge in [0.05, 0.1) is 11.6 Å². The topological polar surface area (TPSA) is 92.6 Å². The van der Waals surface area contributed by atoms with E-state index in [9.17, 15) is 9.59 Å². The molecule has 3 aromatic rings. The van der Waals surface area contributed by atoms with Gasteiger partial charge in [0.25, 0.3) is 5.91 Å². The minimum Gasteiger partial charge on any atom is -0.488 e. The lowest BCUT2D eigenvalue weighted by Gasteiger charge is -2.32. The third-order valence-corrected chi connectivity index (χ3v) is 8.39. The molecule has 1 saturated carbocycles. The maximum Gasteiger partial charge on any atom is 0.258 e. The summed E-state index contributed by atoms with van der Waals surface area (Å²) in [4.78, 5) is 39.6. The highest BCUT2D eigenvalue weighted by molar-refractivity contribution is 6.04. The van der Waals surface area contributed by atoms with Gasteiger partial charge in [0.15, 0.2) is 0 Å². The molecule has 2 amide bonds. The molecular weight excluding hydrogens is 504 g/mol. The summed E-state index contributed by atoms with van der Waals surface area (Å²) in [6.45, 7) is 8.91. The Morgan fingerprint density at radius 3 is 2.62 bits per heavy atom. The van der Waals surface area contributed by atoms with Gasteiger partial charge in [-0.15, -0.1) is 0 Å². The summed E-state index contributed by atoms with van der Waals surface area (Å²) in [5.74, 6) is 0.922. The van der Waals surface area contributed by atoms with Crippen LogP contribution in [0.2, 0.25) is 0 Å². The molecule has 4 heterocycles. The van der Waals surface area contributed by atoms with Gasteiger partial charge < -0.3 is 19.1 Å². The van der Waals surface area contributed by atoms with Crippen molar-refractivity contribution < 1.29 is 14.3 Å². The quantitative estimate of drug-likeness (QED) is 0.434. The van der Waals surface area contributed by atoms with E-state index >= 15 is 0 Å². The van der Waals surface area contributed by atoms with E-state index in [-0.39, 0.29) is 24.0 Å². The number of anilines is 1. The number of aryl methyl sites for hydroxylation is 1. The summed E-state index contributed by atoms with van der Waals surface area (Å²) in [7, 11) is 0. The molecule has 1 unspecified atom stereocenters. The van der Waals surface area contributed by atoms with E-state index in [2.05, 4.69) is 26.3 Å². The van der Waals surface area contributed by atoms with Crippen LogP contribution in [0, 0.1) is 6.92 Å². The van der Waals surface area contributed by atoms with Gasteiger partial charge in [0.2, 0.25) is 11.9 Å². The maximum absolute atomic E-state index is 13.4. The Morgan fingerprint density at radius 2 is 1.88 bits per heavy atom. The number of nitrogens with one attached hydrogen (secondary N) is 1. The number of carbonyl (C=O) groups excluding carboxylic acids is 2. The van der Waals surface area contributed by atoms with E-state index in [1.54, 1.807) is 18.3 Å². The SMILES string of the molecule is C=CC(=O)N1CCCCC(n2c(NC(=O)c3ccnc(C)c3)nc3cccc(OC4CCN(C5CC5)CC4)c32)C1. The van der Waals surface area contributed by atoms with Crippen LogP contribution < -0.4 is 10.1 Å². The fourth-order valence-corrected chi connectivity index (χ4v) is 6.15. The highest BCUT2D eigenvalue weighted by atomic mass is 16.5. The van der Waals surface area contributed by atoms with Crippen molar-refractivity contribution in [3.05, 3.63) is 60.4 Å². The number of ether oxygens (including phenoxy) is 1. The molecule has 9 nitrogen and oxygen atoms in total. The van der Waals surface area contributed by atoms with Crippen LogP contribution in [0.25, 0.3) is 11.0 Å². The van der Waals surface area contributed by atoms with Crippen molar-refractivity contribution in [2.45, 2.75) is 70.1 Å². The predicted octanol–water partition coefficient (Wildman–Crippen LogP) is 4.74. The number of hydrogen-bond acceptors (Lipinski definition) is 6. The molecule has 210 valence electrons. The van der Waals surface area contributed by atoms with Gasteiger partial charge in [0.1, 0.15) is 17.4 Å². The van der Waals surface area contributed by atoms with Crippen LogP contribution in [-0.4, -0.2) is 74.5 Å². The summed E-state index contributed by atoms with van der Waals surface area (Å²) < 4.78 is 8.79. The lowest BCUT2D eigenvalue weighted by Crippen LogP contribution is -2.39. The molecule has 1 aromatic carbocycles. The molecule has 40 heavy (non-hydrogen) atoms. The van der Waals surface area contributed by atoms with Gasteiger partial charge in [-0.3, -0.25) is 19.9 Å². The molecule has 6 rings (SSSR count). The van der Waals surface area contributed by atoms with Crippen LogP contribution in [-0.2, 0) is 4.79 Å². The van der Waals surface area contributed by atoms with E-state index in [0.717, 1.165) is 73.7 Å². The first-order valence-electron chi connectivity index (χ1n) is 14.6. The largest absolute Gasteiger partial charge is 0.488 e. The summed E-state index contributed by atoms with van der Waals surface area (Å²) in [6, 6.07) is 10.1. The highest BCUT2D eigenvalue weighted by Crippen LogP contribution is 2.37. The Kier molecular flexibility index (Phi) is 7.56. The summed E-state index contributed by atoms with van der Waals surface area (Å²) in [5.41, 5.74) is 2.92. The lowest BCUT2D eigenvalue weighted by atomic mass is 10.1. The number of pyridine rings is 1. The fourth-order valence-electron chi connectivity index (χ4n) is 6.15. The van der Waals surface area contributed by atoms with Crippen LogP contribution >= 0.6 is 0 Å². The summed E-state index contributed by atoms with van der Waals surface area (Å²) in [6.07, 6.45) is 10.5. The third kappa shape index (κ3) is 5.61. The number of amides is 2. The number of likely N-dealkylation sites (tertiary alicyclic amines) is 2. The first-order valence-corrected chi connectivity index (χ1v) is 14.6. The van der Waals surface area contributed by atoms with Crippen LogP contribution in [0.4, 0.5) is 5.95 Å². The standard InChI is InChI=1S/C31H38N6O3/c1-3-28(38)36-16-5-4-7-24(20-36)37-29-26(33-31(37)34-30(39)22-12-15-32-21(2)19-22)8-6-9-27(29)40-25-13-17-35(18-14-25)23-10-11-23/h3,6,8-9,12,15,19,23-25H,1,4-5,7,10-11,13-14,16-18,20H2,2H3,(H,33,34,39). The summed E-state index contributed by atoms with van der Waals surface area (Å²) >= 11 is 0. The predicted molar refractivity (Wildman–Crippen MR) is 155 cm³/mol. The Morgan fingerprint density at radius 1 is 1.05 bits per heavy atom. The van der Waals surface area contributed by atoms with Crippen LogP contribution in [0.15, 0.2) is 49.2 Å². The smallest absolute Gasteiger partial charge is 0.258 e. The first-order chi connectivity index (χ1) is 19.5. The molecule has 3 fully saturated rings. The molecule has 2 aromatic heterocycles. The maximum atomic E-state index is 13.4. The van der Waals surface area contributed by atoms with Gasteiger partial charge >= 0.3 is 0 Å². The zero-order valence-electron chi connectivity index (χ0n) is 23.2. The first kappa shape index (κ1) is 26.5. The summed E-state index contributed by atoms with van der Waals surface area (Å²) in [5, 5.41) is 3.07. The second kappa shape index (κ2) is 11.4. The van der Waals surface area contributed by atoms with Crippen LogP contribution in [0.1, 0.15) is 67.0 Å². The normalized spacial score (nSPS) is 20.7. The van der Waals surface area contributed by atoms with Gasteiger partial charge in [0, 0.05) is 49.7 Å². The van der Waals surface area contributed by atoms with E-state index in [1.807, 2.05) is 30.0 Å². The van der Waals surface area contributed by atoms with Crippen molar-refractivity contribution in [3.63, 3.8) is 0 Å². The molecule has 3 aliphatic rings. The van der Waals surface area contributed by atoms with E-state index in [1.165, 1.54) is 18.9 Å². The van der Waals surface area contributed by atoms with Crippen LogP contribution in [0.3, 0.4) is 0 Å². The van der Waals surface area contributed by atoms with E-state index in [0.29, 0.717) is 24.6 Å². The number of imidazole rings is 1. The third-order valence-electron chi connectivity index (χ3n) is 8.39. The second-order valence-corrected chi connectivity index (χ2v) is 11.3. The molecule has 9 heteroatoms. The molecule has 1 aliphatic carbocycles. The number of aromatic nitrogens is 3. The monoisotopic (exact) mass is 542 g/mol. The zero-order chi connectivity index (χ0) is 27.6. The van der Waals surface area contributed by atoms with Gasteiger partial charge in [-0.25, -0.2) is 4.98 Å². The van der Waals surface area contributed by atoms with Crippen molar-refractivity contribution in [2.75, 3.05) is 31.5 Å². The number of carbonyl (C=O) groups is 2. The van der Waals surface area contributed by atoms with Crippen molar-refractivity contribution in [1.82, 2.24) is 24.3 Å². The molecule has 2 saturated heterocycles. The molecule has 0 radical (unpaired) electrons. The second-order valence-electron chi connectivity index (χ2n) is 11.3. The molecule has 1 N–H and O–H groups in total. The van der Waals surface area contributed by atoms with E-state index in [4.69, 9.17) is 9.72 Å². The van der Waals surface area contributed by atoms with E-state index < -0.39 is 0 Å². The number of rotatable bonds is 7.